The van der Waals surface area contributed by atoms with E-state index in [2.05, 4.69) is 15.4 Å². The molecule has 24 heavy (non-hydrogen) atoms. The lowest BCUT2D eigenvalue weighted by atomic mass is 10.0. The average Bonchev–Trinajstić information content (AvgIpc) is 2.79. The molecule has 0 unspecified atom stereocenters. The predicted octanol–water partition coefficient (Wildman–Crippen LogP) is 1.79. The maximum absolute atomic E-state index is 12.2. The van der Waals surface area contributed by atoms with Crippen LogP contribution in [-0.4, -0.2) is 26.5 Å². The highest BCUT2D eigenvalue weighted by Crippen LogP contribution is 2.14. The quantitative estimate of drug-likeness (QED) is 0.668. The van der Waals surface area contributed by atoms with Gasteiger partial charge in [-0.3, -0.25) is 14.3 Å². The topological polar surface area (TPSA) is 101 Å². The minimum Gasteiger partial charge on any atom is -0.309 e. The number of hydrogen-bond donors (Lipinski definition) is 1. The van der Waals surface area contributed by atoms with Crippen LogP contribution in [0.25, 0.3) is 6.08 Å². The SMILES string of the molecule is Cc1nn(C)c(C)c1/C=C/C(=O)[C@H](C#N)C(=O)Nc1ccccn1. The van der Waals surface area contributed by atoms with Crippen molar-refractivity contribution in [3.05, 3.63) is 47.4 Å². The third-order valence-corrected chi connectivity index (χ3v) is 3.57. The number of rotatable bonds is 5. The van der Waals surface area contributed by atoms with E-state index < -0.39 is 17.6 Å². The Bertz CT molecular complexity index is 831. The third-order valence-electron chi connectivity index (χ3n) is 3.57. The molecule has 7 nitrogen and oxygen atoms in total. The molecule has 0 saturated heterocycles. The Morgan fingerprint density at radius 2 is 2.12 bits per heavy atom. The van der Waals surface area contributed by atoms with E-state index in [1.165, 1.54) is 12.3 Å². The second-order valence-electron chi connectivity index (χ2n) is 5.21. The lowest BCUT2D eigenvalue weighted by Crippen LogP contribution is -2.27. The fourth-order valence-corrected chi connectivity index (χ4v) is 2.18. The first-order valence-electron chi connectivity index (χ1n) is 7.27. The highest BCUT2D eigenvalue weighted by molar-refractivity contribution is 6.14. The normalized spacial score (nSPS) is 11.9. The minimum absolute atomic E-state index is 0.290. The van der Waals surface area contributed by atoms with Crippen molar-refractivity contribution in [3.63, 3.8) is 0 Å². The second kappa shape index (κ2) is 7.33. The molecular formula is C17H17N5O2. The van der Waals surface area contributed by atoms with Crippen LogP contribution in [0.2, 0.25) is 0 Å². The molecule has 1 amide bonds. The maximum atomic E-state index is 12.2. The molecule has 0 spiro atoms. The zero-order valence-corrected chi connectivity index (χ0v) is 13.6. The fraction of sp³-hybridized carbons (Fsp3) is 0.235. The summed E-state index contributed by atoms with van der Waals surface area (Å²) in [6, 6.07) is 6.70. The van der Waals surface area contributed by atoms with Crippen LogP contribution in [-0.2, 0) is 16.6 Å². The number of amides is 1. The van der Waals surface area contributed by atoms with Gasteiger partial charge >= 0.3 is 0 Å². The molecule has 2 aromatic rings. The molecule has 1 atom stereocenters. The number of anilines is 1. The molecule has 2 aromatic heterocycles. The van der Waals surface area contributed by atoms with Crippen LogP contribution in [0.3, 0.4) is 0 Å². The van der Waals surface area contributed by atoms with Crippen LogP contribution in [0.5, 0.6) is 0 Å². The van der Waals surface area contributed by atoms with Crippen molar-refractivity contribution in [1.29, 1.82) is 5.26 Å². The Hall–Kier alpha value is -3.27. The summed E-state index contributed by atoms with van der Waals surface area (Å²) in [6.07, 6.45) is 4.33. The molecule has 0 aromatic carbocycles. The van der Waals surface area contributed by atoms with Crippen LogP contribution < -0.4 is 5.32 Å². The zero-order chi connectivity index (χ0) is 17.7. The molecule has 0 radical (unpaired) electrons. The Morgan fingerprint density at radius 3 is 2.67 bits per heavy atom. The zero-order valence-electron chi connectivity index (χ0n) is 13.6. The Kier molecular flexibility index (Phi) is 5.22. The molecule has 0 aliphatic rings. The van der Waals surface area contributed by atoms with Crippen molar-refractivity contribution in [2.75, 3.05) is 5.32 Å². The summed E-state index contributed by atoms with van der Waals surface area (Å²) in [5.74, 6) is -2.43. The molecular weight excluding hydrogens is 306 g/mol. The van der Waals surface area contributed by atoms with Gasteiger partial charge in [-0.1, -0.05) is 6.07 Å². The summed E-state index contributed by atoms with van der Waals surface area (Å²) in [5, 5.41) is 15.9. The Balaban J connectivity index is 2.13. The van der Waals surface area contributed by atoms with E-state index >= 15 is 0 Å². The van der Waals surface area contributed by atoms with Gasteiger partial charge in [-0.15, -0.1) is 0 Å². The van der Waals surface area contributed by atoms with Crippen molar-refractivity contribution in [2.45, 2.75) is 13.8 Å². The predicted molar refractivity (Wildman–Crippen MR) is 88.7 cm³/mol. The monoisotopic (exact) mass is 323 g/mol. The van der Waals surface area contributed by atoms with Gasteiger partial charge in [0, 0.05) is 24.5 Å². The first-order valence-corrected chi connectivity index (χ1v) is 7.27. The summed E-state index contributed by atoms with van der Waals surface area (Å²) in [5.41, 5.74) is 2.46. The first-order chi connectivity index (χ1) is 11.4. The van der Waals surface area contributed by atoms with Gasteiger partial charge in [0.15, 0.2) is 11.7 Å². The van der Waals surface area contributed by atoms with Gasteiger partial charge in [-0.2, -0.15) is 10.4 Å². The van der Waals surface area contributed by atoms with E-state index in [4.69, 9.17) is 5.26 Å². The molecule has 1 N–H and O–H groups in total. The number of nitrogens with one attached hydrogen (secondary N) is 1. The van der Waals surface area contributed by atoms with E-state index in [9.17, 15) is 9.59 Å². The molecule has 0 saturated carbocycles. The number of pyridine rings is 1. The molecule has 2 rings (SSSR count). The van der Waals surface area contributed by atoms with Gasteiger partial charge in [0.1, 0.15) is 5.82 Å². The molecule has 122 valence electrons. The summed E-state index contributed by atoms with van der Waals surface area (Å²) in [7, 11) is 1.81. The van der Waals surface area contributed by atoms with Gasteiger partial charge in [-0.25, -0.2) is 4.98 Å². The summed E-state index contributed by atoms with van der Waals surface area (Å²) in [6.45, 7) is 3.70. The Labute approximate surface area is 139 Å². The lowest BCUT2D eigenvalue weighted by molar-refractivity contribution is -0.126. The number of nitrogens with zero attached hydrogens (tertiary/aromatic N) is 4. The van der Waals surface area contributed by atoms with Crippen LogP contribution in [0.15, 0.2) is 30.5 Å². The van der Waals surface area contributed by atoms with E-state index in [0.717, 1.165) is 17.0 Å². The van der Waals surface area contributed by atoms with Gasteiger partial charge in [-0.05, 0) is 38.1 Å². The molecule has 0 aliphatic heterocycles. The number of nitriles is 1. The molecule has 2 heterocycles. The van der Waals surface area contributed by atoms with Crippen molar-refractivity contribution in [3.8, 4) is 6.07 Å². The van der Waals surface area contributed by atoms with E-state index in [-0.39, 0.29) is 0 Å². The van der Waals surface area contributed by atoms with Crippen molar-refractivity contribution < 1.29 is 9.59 Å². The van der Waals surface area contributed by atoms with Gasteiger partial charge in [0.05, 0.1) is 11.8 Å². The number of carbonyl (C=O) groups is 2. The first kappa shape index (κ1) is 17.1. The summed E-state index contributed by atoms with van der Waals surface area (Å²) in [4.78, 5) is 28.2. The number of carbonyl (C=O) groups excluding carboxylic acids is 2. The van der Waals surface area contributed by atoms with Crippen molar-refractivity contribution in [1.82, 2.24) is 14.8 Å². The van der Waals surface area contributed by atoms with E-state index in [0.29, 0.717) is 5.82 Å². The lowest BCUT2D eigenvalue weighted by Gasteiger charge is -2.06. The fourth-order valence-electron chi connectivity index (χ4n) is 2.18. The second-order valence-corrected chi connectivity index (χ2v) is 5.21. The molecule has 0 bridgehead atoms. The number of ketones is 1. The van der Waals surface area contributed by atoms with Crippen LogP contribution in [0.4, 0.5) is 5.82 Å². The number of hydrogen-bond acceptors (Lipinski definition) is 5. The molecule has 0 fully saturated rings. The standard InChI is InChI=1S/C17H17N5O2/c1-11-13(12(2)22(3)21-11)7-8-15(23)14(10-18)17(24)20-16-6-4-5-9-19-16/h4-9,14H,1-3H3,(H,19,20,24)/b8-7+/t14-/m0/s1. The van der Waals surface area contributed by atoms with Gasteiger partial charge in [0.2, 0.25) is 0 Å². The summed E-state index contributed by atoms with van der Waals surface area (Å²) >= 11 is 0. The third kappa shape index (κ3) is 3.73. The van der Waals surface area contributed by atoms with Crippen molar-refractivity contribution >= 4 is 23.6 Å². The number of aromatic nitrogens is 3. The smallest absolute Gasteiger partial charge is 0.250 e. The largest absolute Gasteiger partial charge is 0.309 e. The van der Waals surface area contributed by atoms with Crippen LogP contribution >= 0.6 is 0 Å². The maximum Gasteiger partial charge on any atom is 0.250 e. The van der Waals surface area contributed by atoms with Crippen LogP contribution in [0.1, 0.15) is 17.0 Å². The number of aryl methyl sites for hydroxylation is 2. The summed E-state index contributed by atoms with van der Waals surface area (Å²) < 4.78 is 1.70. The van der Waals surface area contributed by atoms with Crippen molar-refractivity contribution in [2.24, 2.45) is 13.0 Å². The average molecular weight is 323 g/mol. The van der Waals surface area contributed by atoms with Gasteiger partial charge in [0.25, 0.3) is 5.91 Å². The highest BCUT2D eigenvalue weighted by atomic mass is 16.2. The molecule has 7 heteroatoms. The van der Waals surface area contributed by atoms with Crippen LogP contribution in [0, 0.1) is 31.1 Å². The minimum atomic E-state index is -1.43. The number of allylic oxidation sites excluding steroid dienone is 1. The van der Waals surface area contributed by atoms with Gasteiger partial charge < -0.3 is 5.32 Å². The van der Waals surface area contributed by atoms with E-state index in [1.54, 1.807) is 42.1 Å². The Morgan fingerprint density at radius 1 is 1.38 bits per heavy atom. The molecule has 0 aliphatic carbocycles. The van der Waals surface area contributed by atoms with E-state index in [1.807, 2.05) is 13.8 Å². The highest BCUT2D eigenvalue weighted by Gasteiger charge is 2.25.